The molecule has 5 heteroatoms. The fourth-order valence-corrected chi connectivity index (χ4v) is 1.53. The van der Waals surface area contributed by atoms with Crippen LogP contribution < -0.4 is 11.1 Å². The van der Waals surface area contributed by atoms with E-state index in [9.17, 15) is 8.78 Å². The van der Waals surface area contributed by atoms with Crippen LogP contribution in [0.2, 0.25) is 0 Å². The van der Waals surface area contributed by atoms with Crippen LogP contribution in [-0.4, -0.2) is 0 Å². The molecule has 3 nitrogen and oxygen atoms in total. The van der Waals surface area contributed by atoms with Crippen LogP contribution in [0.1, 0.15) is 5.56 Å². The zero-order chi connectivity index (χ0) is 13.1. The highest BCUT2D eigenvalue weighted by molar-refractivity contribution is 5.75. The average Bonchev–Trinajstić information content (AvgIpc) is 2.33. The molecule has 2 aromatic carbocycles. The first-order valence-electron chi connectivity index (χ1n) is 5.12. The molecule has 2 rings (SSSR count). The number of nitrogen functional groups attached to an aromatic ring is 1. The van der Waals surface area contributed by atoms with Crippen molar-refractivity contribution in [1.82, 2.24) is 0 Å². The fourth-order valence-electron chi connectivity index (χ4n) is 1.53. The van der Waals surface area contributed by atoms with E-state index in [1.165, 1.54) is 24.3 Å². The van der Waals surface area contributed by atoms with E-state index in [4.69, 9.17) is 11.0 Å². The zero-order valence-electron chi connectivity index (χ0n) is 9.24. The van der Waals surface area contributed by atoms with Crippen LogP contribution in [-0.2, 0) is 0 Å². The summed E-state index contributed by atoms with van der Waals surface area (Å²) in [5.74, 6) is -1.08. The number of nitriles is 1. The Morgan fingerprint density at radius 2 is 1.89 bits per heavy atom. The Morgan fingerprint density at radius 1 is 1.11 bits per heavy atom. The number of rotatable bonds is 2. The van der Waals surface area contributed by atoms with Gasteiger partial charge in [0.2, 0.25) is 0 Å². The summed E-state index contributed by atoms with van der Waals surface area (Å²) >= 11 is 0. The Balaban J connectivity index is 2.41. The standard InChI is InChI=1S/C13H9F2N3/c14-8-4-5-13(11(17)6-8)18-12-3-1-2-10(15)9(12)7-16/h1-6,18H,17H2. The zero-order valence-corrected chi connectivity index (χ0v) is 9.24. The second-order valence-corrected chi connectivity index (χ2v) is 3.63. The first kappa shape index (κ1) is 11.9. The molecule has 0 saturated heterocycles. The van der Waals surface area contributed by atoms with Gasteiger partial charge in [-0.05, 0) is 30.3 Å². The Hall–Kier alpha value is -2.61. The quantitative estimate of drug-likeness (QED) is 0.799. The second-order valence-electron chi connectivity index (χ2n) is 3.63. The highest BCUT2D eigenvalue weighted by Gasteiger charge is 2.09. The van der Waals surface area contributed by atoms with Crippen LogP contribution in [0.15, 0.2) is 36.4 Å². The van der Waals surface area contributed by atoms with Gasteiger partial charge >= 0.3 is 0 Å². The van der Waals surface area contributed by atoms with Gasteiger partial charge in [0.1, 0.15) is 23.3 Å². The van der Waals surface area contributed by atoms with E-state index >= 15 is 0 Å². The van der Waals surface area contributed by atoms with Gasteiger partial charge in [-0.15, -0.1) is 0 Å². The van der Waals surface area contributed by atoms with E-state index in [0.717, 1.165) is 6.07 Å². The molecule has 0 amide bonds. The molecule has 0 spiro atoms. The number of halogens is 2. The summed E-state index contributed by atoms with van der Waals surface area (Å²) in [6, 6.07) is 9.77. The fraction of sp³-hybridized carbons (Fsp3) is 0. The van der Waals surface area contributed by atoms with Crippen molar-refractivity contribution >= 4 is 17.1 Å². The molecule has 0 aliphatic rings. The van der Waals surface area contributed by atoms with Crippen molar-refractivity contribution in [2.75, 3.05) is 11.1 Å². The molecular formula is C13H9F2N3. The van der Waals surface area contributed by atoms with E-state index in [1.54, 1.807) is 12.1 Å². The molecule has 2 aromatic rings. The van der Waals surface area contributed by atoms with Gasteiger partial charge in [0, 0.05) is 0 Å². The van der Waals surface area contributed by atoms with Crippen molar-refractivity contribution in [2.45, 2.75) is 0 Å². The van der Waals surface area contributed by atoms with Gasteiger partial charge in [-0.25, -0.2) is 8.78 Å². The second kappa shape index (κ2) is 4.72. The number of benzene rings is 2. The van der Waals surface area contributed by atoms with Crippen molar-refractivity contribution < 1.29 is 8.78 Å². The van der Waals surface area contributed by atoms with Crippen LogP contribution in [0.3, 0.4) is 0 Å². The maximum atomic E-state index is 13.4. The van der Waals surface area contributed by atoms with Gasteiger partial charge < -0.3 is 11.1 Å². The largest absolute Gasteiger partial charge is 0.397 e. The number of anilines is 3. The Bertz CT molecular complexity index is 633. The van der Waals surface area contributed by atoms with Crippen molar-refractivity contribution in [3.8, 4) is 6.07 Å². The third kappa shape index (κ3) is 2.23. The highest BCUT2D eigenvalue weighted by atomic mass is 19.1. The van der Waals surface area contributed by atoms with Crippen LogP contribution in [0.25, 0.3) is 0 Å². The van der Waals surface area contributed by atoms with Crippen molar-refractivity contribution in [3.05, 3.63) is 53.6 Å². The molecule has 90 valence electrons. The Morgan fingerprint density at radius 3 is 2.56 bits per heavy atom. The van der Waals surface area contributed by atoms with Gasteiger partial charge in [0.05, 0.1) is 17.1 Å². The topological polar surface area (TPSA) is 61.8 Å². The predicted molar refractivity (Wildman–Crippen MR) is 65.2 cm³/mol. The summed E-state index contributed by atoms with van der Waals surface area (Å²) in [4.78, 5) is 0. The van der Waals surface area contributed by atoms with E-state index in [2.05, 4.69) is 5.32 Å². The smallest absolute Gasteiger partial charge is 0.143 e. The molecule has 0 bridgehead atoms. The summed E-state index contributed by atoms with van der Waals surface area (Å²) in [5.41, 5.74) is 6.40. The number of nitrogens with two attached hydrogens (primary N) is 1. The van der Waals surface area contributed by atoms with Crippen molar-refractivity contribution in [2.24, 2.45) is 0 Å². The molecule has 0 atom stereocenters. The van der Waals surface area contributed by atoms with Crippen molar-refractivity contribution in [3.63, 3.8) is 0 Å². The van der Waals surface area contributed by atoms with Crippen molar-refractivity contribution in [1.29, 1.82) is 5.26 Å². The summed E-state index contributed by atoms with van der Waals surface area (Å²) in [6.07, 6.45) is 0. The average molecular weight is 245 g/mol. The normalized spacial score (nSPS) is 9.83. The highest BCUT2D eigenvalue weighted by Crippen LogP contribution is 2.26. The van der Waals surface area contributed by atoms with Gasteiger partial charge in [-0.1, -0.05) is 6.07 Å². The lowest BCUT2D eigenvalue weighted by molar-refractivity contribution is 0.624. The Labute approximate surface area is 102 Å². The molecule has 0 radical (unpaired) electrons. The number of nitrogens with one attached hydrogen (secondary N) is 1. The van der Waals surface area contributed by atoms with E-state index in [1.807, 2.05) is 0 Å². The predicted octanol–water partition coefficient (Wildman–Crippen LogP) is 3.16. The van der Waals surface area contributed by atoms with Crippen LogP contribution in [0.4, 0.5) is 25.8 Å². The van der Waals surface area contributed by atoms with Gasteiger partial charge in [0.25, 0.3) is 0 Å². The maximum Gasteiger partial charge on any atom is 0.143 e. The molecule has 0 aliphatic carbocycles. The number of hydrogen-bond donors (Lipinski definition) is 2. The molecule has 0 aromatic heterocycles. The van der Waals surface area contributed by atoms with E-state index in [-0.39, 0.29) is 16.9 Å². The monoisotopic (exact) mass is 245 g/mol. The third-order valence-electron chi connectivity index (χ3n) is 2.41. The van der Waals surface area contributed by atoms with Gasteiger partial charge in [-0.2, -0.15) is 5.26 Å². The van der Waals surface area contributed by atoms with Crippen LogP contribution in [0.5, 0.6) is 0 Å². The summed E-state index contributed by atoms with van der Waals surface area (Å²) in [7, 11) is 0. The van der Waals surface area contributed by atoms with Crippen LogP contribution in [0, 0.1) is 23.0 Å². The molecule has 0 unspecified atom stereocenters. The minimum Gasteiger partial charge on any atom is -0.397 e. The van der Waals surface area contributed by atoms with Crippen LogP contribution >= 0.6 is 0 Å². The minimum absolute atomic E-state index is 0.110. The molecule has 0 aliphatic heterocycles. The lowest BCUT2D eigenvalue weighted by Crippen LogP contribution is -1.99. The van der Waals surface area contributed by atoms with E-state index in [0.29, 0.717) is 5.69 Å². The van der Waals surface area contributed by atoms with Gasteiger partial charge in [0.15, 0.2) is 0 Å². The number of hydrogen-bond acceptors (Lipinski definition) is 3. The summed E-state index contributed by atoms with van der Waals surface area (Å²) in [5, 5.41) is 11.7. The maximum absolute atomic E-state index is 13.4. The summed E-state index contributed by atoms with van der Waals surface area (Å²) < 4.78 is 26.2. The lowest BCUT2D eigenvalue weighted by Gasteiger charge is -2.10. The lowest BCUT2D eigenvalue weighted by atomic mass is 10.1. The molecule has 0 fully saturated rings. The molecule has 18 heavy (non-hydrogen) atoms. The molecule has 0 heterocycles. The first-order chi connectivity index (χ1) is 8.61. The number of nitrogens with zero attached hydrogens (tertiary/aromatic N) is 1. The third-order valence-corrected chi connectivity index (χ3v) is 2.41. The molecule has 3 N–H and O–H groups in total. The van der Waals surface area contributed by atoms with Gasteiger partial charge in [-0.3, -0.25) is 0 Å². The molecular weight excluding hydrogens is 236 g/mol. The minimum atomic E-state index is -0.622. The van der Waals surface area contributed by atoms with E-state index < -0.39 is 11.6 Å². The first-order valence-corrected chi connectivity index (χ1v) is 5.12. The molecule has 0 saturated carbocycles. The summed E-state index contributed by atoms with van der Waals surface area (Å²) in [6.45, 7) is 0. The Kier molecular flexibility index (Phi) is 3.11. The SMILES string of the molecule is N#Cc1c(F)cccc1Nc1ccc(F)cc1N.